The zero-order chi connectivity index (χ0) is 20.7. The van der Waals surface area contributed by atoms with Gasteiger partial charge in [-0.1, -0.05) is 41.9 Å². The molecule has 4 nitrogen and oxygen atoms in total. The van der Waals surface area contributed by atoms with Gasteiger partial charge in [0, 0.05) is 5.02 Å². The lowest BCUT2D eigenvalue weighted by molar-refractivity contribution is 0.0487. The first-order valence-corrected chi connectivity index (χ1v) is 9.56. The maximum atomic E-state index is 14.2. The molecule has 0 aliphatic carbocycles. The van der Waals surface area contributed by atoms with Crippen molar-refractivity contribution in [2.75, 3.05) is 0 Å². The largest absolute Gasteiger partial charge is 0.444 e. The molecule has 0 bridgehead atoms. The molecular weight excluding hydrogens is 381 g/mol. The molecule has 0 saturated heterocycles. The van der Waals surface area contributed by atoms with Gasteiger partial charge < -0.3 is 10.1 Å². The van der Waals surface area contributed by atoms with Gasteiger partial charge in [0.2, 0.25) is 0 Å². The number of benzene rings is 2. The van der Waals surface area contributed by atoms with Crippen molar-refractivity contribution in [3.8, 4) is 0 Å². The summed E-state index contributed by atoms with van der Waals surface area (Å²) in [5.41, 5.74) is 0.321. The first-order valence-electron chi connectivity index (χ1n) is 9.18. The van der Waals surface area contributed by atoms with E-state index in [2.05, 4.69) is 5.32 Å². The quantitative estimate of drug-likeness (QED) is 0.612. The van der Waals surface area contributed by atoms with E-state index in [4.69, 9.17) is 16.3 Å². The number of nitrogens with one attached hydrogen (secondary N) is 1. The number of halogens is 2. The fourth-order valence-corrected chi connectivity index (χ4v) is 2.91. The van der Waals surface area contributed by atoms with Crippen LogP contribution in [0.1, 0.15) is 49.5 Å². The Labute approximate surface area is 170 Å². The number of ketones is 1. The number of hydrogen-bond donors (Lipinski definition) is 1. The summed E-state index contributed by atoms with van der Waals surface area (Å²) >= 11 is 5.77. The molecule has 1 atom stereocenters. The Morgan fingerprint density at radius 1 is 1.14 bits per heavy atom. The Balaban J connectivity index is 2.12. The van der Waals surface area contributed by atoms with Crippen LogP contribution in [0.5, 0.6) is 0 Å². The second-order valence-corrected chi connectivity index (χ2v) is 8.00. The van der Waals surface area contributed by atoms with E-state index < -0.39 is 29.3 Å². The lowest BCUT2D eigenvalue weighted by Gasteiger charge is -2.23. The highest BCUT2D eigenvalue weighted by molar-refractivity contribution is 6.30. The Morgan fingerprint density at radius 2 is 1.82 bits per heavy atom. The number of amides is 1. The van der Waals surface area contributed by atoms with E-state index in [1.165, 1.54) is 12.1 Å². The van der Waals surface area contributed by atoms with Gasteiger partial charge in [0.05, 0.1) is 11.6 Å². The molecule has 150 valence electrons. The van der Waals surface area contributed by atoms with Crippen molar-refractivity contribution in [1.82, 2.24) is 5.32 Å². The van der Waals surface area contributed by atoms with E-state index in [0.29, 0.717) is 12.8 Å². The number of alkyl carbamates (subject to hydrolysis) is 1. The Hall–Kier alpha value is -2.40. The Kier molecular flexibility index (Phi) is 7.58. The molecule has 28 heavy (non-hydrogen) atoms. The summed E-state index contributed by atoms with van der Waals surface area (Å²) in [4.78, 5) is 25.0. The van der Waals surface area contributed by atoms with Gasteiger partial charge in [-0.25, -0.2) is 9.18 Å². The van der Waals surface area contributed by atoms with Crippen LogP contribution in [0.2, 0.25) is 5.02 Å². The molecule has 6 heteroatoms. The van der Waals surface area contributed by atoms with Crippen LogP contribution >= 0.6 is 11.6 Å². The van der Waals surface area contributed by atoms with Crippen molar-refractivity contribution < 1.29 is 18.7 Å². The van der Waals surface area contributed by atoms with Gasteiger partial charge >= 0.3 is 6.09 Å². The van der Waals surface area contributed by atoms with Crippen molar-refractivity contribution in [2.24, 2.45) is 0 Å². The van der Waals surface area contributed by atoms with E-state index in [1.807, 2.05) is 30.3 Å². The molecule has 2 aromatic rings. The molecule has 0 fully saturated rings. The predicted octanol–water partition coefficient (Wildman–Crippen LogP) is 5.58. The normalized spacial score (nSPS) is 12.3. The summed E-state index contributed by atoms with van der Waals surface area (Å²) in [6.45, 7) is 5.20. The summed E-state index contributed by atoms with van der Waals surface area (Å²) in [5, 5.41) is 2.79. The number of aryl methyl sites for hydroxylation is 1. The van der Waals surface area contributed by atoms with Crippen molar-refractivity contribution in [1.29, 1.82) is 0 Å². The smallest absolute Gasteiger partial charge is 0.408 e. The van der Waals surface area contributed by atoms with Gasteiger partial charge in [-0.2, -0.15) is 0 Å². The van der Waals surface area contributed by atoms with Crippen LogP contribution in [0.15, 0.2) is 48.5 Å². The fraction of sp³-hybridized carbons (Fsp3) is 0.364. The van der Waals surface area contributed by atoms with E-state index in [1.54, 1.807) is 20.8 Å². The van der Waals surface area contributed by atoms with Gasteiger partial charge in [-0.3, -0.25) is 4.79 Å². The van der Waals surface area contributed by atoms with Gasteiger partial charge in [-0.05, 0) is 63.8 Å². The minimum absolute atomic E-state index is 0.106. The number of Topliss-reactive ketones (excluding diaryl/α,β-unsaturated/α-hetero) is 1. The summed E-state index contributed by atoms with van der Waals surface area (Å²) < 4.78 is 19.5. The lowest BCUT2D eigenvalue weighted by Crippen LogP contribution is -2.43. The SMILES string of the molecule is CC(C)(C)OC(=O)NC(CCCc1ccccc1)C(=O)c1ccc(Cl)cc1F. The fourth-order valence-electron chi connectivity index (χ4n) is 2.75. The third-order valence-corrected chi connectivity index (χ3v) is 4.24. The van der Waals surface area contributed by atoms with Crippen LogP contribution in [-0.2, 0) is 11.2 Å². The molecule has 0 radical (unpaired) electrons. The van der Waals surface area contributed by atoms with Gasteiger partial charge in [0.25, 0.3) is 0 Å². The van der Waals surface area contributed by atoms with Crippen molar-refractivity contribution in [3.63, 3.8) is 0 Å². The third-order valence-electron chi connectivity index (χ3n) is 4.01. The lowest BCUT2D eigenvalue weighted by atomic mass is 9.97. The number of hydrogen-bond acceptors (Lipinski definition) is 3. The predicted molar refractivity (Wildman–Crippen MR) is 108 cm³/mol. The summed E-state index contributed by atoms with van der Waals surface area (Å²) in [6, 6.07) is 12.8. The molecule has 0 aromatic heterocycles. The molecule has 0 spiro atoms. The van der Waals surface area contributed by atoms with Crippen molar-refractivity contribution >= 4 is 23.5 Å². The minimum Gasteiger partial charge on any atom is -0.444 e. The van der Waals surface area contributed by atoms with Crippen LogP contribution < -0.4 is 5.32 Å². The zero-order valence-corrected chi connectivity index (χ0v) is 17.1. The van der Waals surface area contributed by atoms with E-state index >= 15 is 0 Å². The van der Waals surface area contributed by atoms with Crippen molar-refractivity contribution in [2.45, 2.75) is 51.7 Å². The molecule has 1 amide bonds. The summed E-state index contributed by atoms with van der Waals surface area (Å²) in [7, 11) is 0. The Morgan fingerprint density at radius 3 is 2.43 bits per heavy atom. The van der Waals surface area contributed by atoms with Gasteiger partial charge in [0.1, 0.15) is 11.4 Å². The van der Waals surface area contributed by atoms with E-state index in [-0.39, 0.29) is 10.6 Å². The van der Waals surface area contributed by atoms with Crippen LogP contribution in [-0.4, -0.2) is 23.5 Å². The molecule has 0 aliphatic rings. The molecule has 0 saturated carbocycles. The first-order chi connectivity index (χ1) is 13.2. The van der Waals surface area contributed by atoms with Crippen LogP contribution in [0.4, 0.5) is 9.18 Å². The standard InChI is InChI=1S/C22H25ClFNO3/c1-22(2,3)28-21(27)25-19(11-7-10-15-8-5-4-6-9-15)20(26)17-13-12-16(23)14-18(17)24/h4-6,8-9,12-14,19H,7,10-11H2,1-3H3,(H,25,27). The number of carbonyl (C=O) groups excluding carboxylic acids is 2. The second kappa shape index (κ2) is 9.69. The number of ether oxygens (including phenoxy) is 1. The van der Waals surface area contributed by atoms with E-state index in [0.717, 1.165) is 18.1 Å². The third kappa shape index (κ3) is 6.97. The summed E-state index contributed by atoms with van der Waals surface area (Å²) in [6.07, 6.45) is 1.03. The van der Waals surface area contributed by atoms with Gasteiger partial charge in [-0.15, -0.1) is 0 Å². The minimum atomic E-state index is -0.894. The number of carbonyl (C=O) groups is 2. The molecular formula is C22H25ClFNO3. The highest BCUT2D eigenvalue weighted by atomic mass is 35.5. The molecule has 0 heterocycles. The molecule has 1 N–H and O–H groups in total. The van der Waals surface area contributed by atoms with Crippen LogP contribution in [0.25, 0.3) is 0 Å². The maximum absolute atomic E-state index is 14.2. The first kappa shape index (κ1) is 21.9. The Bertz CT molecular complexity index is 818. The number of rotatable bonds is 7. The topological polar surface area (TPSA) is 55.4 Å². The van der Waals surface area contributed by atoms with E-state index in [9.17, 15) is 14.0 Å². The maximum Gasteiger partial charge on any atom is 0.408 e. The second-order valence-electron chi connectivity index (χ2n) is 7.57. The molecule has 1 unspecified atom stereocenters. The summed E-state index contributed by atoms with van der Waals surface area (Å²) in [5.74, 6) is -1.22. The highest BCUT2D eigenvalue weighted by Crippen LogP contribution is 2.18. The molecule has 0 aliphatic heterocycles. The zero-order valence-electron chi connectivity index (χ0n) is 16.3. The van der Waals surface area contributed by atoms with Gasteiger partial charge in [0.15, 0.2) is 5.78 Å². The van der Waals surface area contributed by atoms with Crippen molar-refractivity contribution in [3.05, 3.63) is 70.5 Å². The molecule has 2 aromatic carbocycles. The molecule has 2 rings (SSSR count). The average molecular weight is 406 g/mol. The monoisotopic (exact) mass is 405 g/mol. The van der Waals surface area contributed by atoms with Crippen LogP contribution in [0.3, 0.4) is 0 Å². The average Bonchev–Trinajstić information content (AvgIpc) is 2.59. The highest BCUT2D eigenvalue weighted by Gasteiger charge is 2.26. The van der Waals surface area contributed by atoms with Crippen LogP contribution in [0, 0.1) is 5.82 Å².